The highest BCUT2D eigenvalue weighted by Crippen LogP contribution is 2.18. The summed E-state index contributed by atoms with van der Waals surface area (Å²) in [5.41, 5.74) is 0.877. The topological polar surface area (TPSA) is 47.0 Å². The number of anilines is 1. The Morgan fingerprint density at radius 2 is 2.31 bits per heavy atom. The zero-order valence-electron chi connectivity index (χ0n) is 9.53. The lowest BCUT2D eigenvalue weighted by Crippen LogP contribution is -2.32. The van der Waals surface area contributed by atoms with Crippen molar-refractivity contribution in [1.82, 2.24) is 9.97 Å². The van der Waals surface area contributed by atoms with Crippen molar-refractivity contribution in [3.8, 4) is 0 Å². The Bertz CT molecular complexity index is 352. The minimum absolute atomic E-state index is 0.294. The molecule has 0 saturated carbocycles. The van der Waals surface area contributed by atoms with E-state index < -0.39 is 0 Å². The van der Waals surface area contributed by atoms with Crippen LogP contribution < -0.4 is 5.32 Å². The van der Waals surface area contributed by atoms with Gasteiger partial charge in [0.15, 0.2) is 0 Å². The first-order chi connectivity index (χ1) is 7.63. The molecular weight excluding hydrogens is 226 g/mol. The summed E-state index contributed by atoms with van der Waals surface area (Å²) >= 11 is 5.81. The van der Waals surface area contributed by atoms with Crippen molar-refractivity contribution < 1.29 is 4.74 Å². The second-order valence-corrected chi connectivity index (χ2v) is 4.55. The fraction of sp³-hybridized carbons (Fsp3) is 0.636. The summed E-state index contributed by atoms with van der Waals surface area (Å²) in [5, 5.41) is 3.67. The molecule has 16 heavy (non-hydrogen) atoms. The van der Waals surface area contributed by atoms with E-state index in [2.05, 4.69) is 22.2 Å². The number of aryl methyl sites for hydroxylation is 1. The molecule has 1 aliphatic rings. The summed E-state index contributed by atoms with van der Waals surface area (Å²) in [6.07, 6.45) is 2.32. The van der Waals surface area contributed by atoms with Crippen LogP contribution in [0.15, 0.2) is 6.07 Å². The van der Waals surface area contributed by atoms with Crippen LogP contribution in [-0.2, 0) is 4.74 Å². The lowest BCUT2D eigenvalue weighted by molar-refractivity contribution is 0.0232. The summed E-state index contributed by atoms with van der Waals surface area (Å²) in [6, 6.07) is 2.32. The standard InChI is InChI=1S/C11H16ClN3O/c1-7-5-10(15-11(12)13-7)14-9-3-4-16-8(2)6-9/h5,8-9H,3-4,6H2,1-2H3,(H,13,14,15). The molecule has 2 heterocycles. The van der Waals surface area contributed by atoms with Crippen LogP contribution in [-0.4, -0.2) is 28.7 Å². The number of nitrogens with zero attached hydrogens (tertiary/aromatic N) is 2. The van der Waals surface area contributed by atoms with Crippen LogP contribution in [0.25, 0.3) is 0 Å². The molecule has 0 bridgehead atoms. The van der Waals surface area contributed by atoms with Gasteiger partial charge in [0, 0.05) is 24.4 Å². The molecule has 1 aliphatic heterocycles. The average Bonchev–Trinajstić information content (AvgIpc) is 2.15. The SMILES string of the molecule is Cc1cc(NC2CCOC(C)C2)nc(Cl)n1. The van der Waals surface area contributed by atoms with E-state index in [-0.39, 0.29) is 0 Å². The van der Waals surface area contributed by atoms with Crippen LogP contribution in [0.5, 0.6) is 0 Å². The van der Waals surface area contributed by atoms with E-state index in [0.29, 0.717) is 17.4 Å². The molecule has 1 fully saturated rings. The molecule has 0 radical (unpaired) electrons. The molecule has 2 rings (SSSR count). The Morgan fingerprint density at radius 1 is 1.50 bits per heavy atom. The second kappa shape index (κ2) is 4.97. The average molecular weight is 242 g/mol. The number of aromatic nitrogens is 2. The van der Waals surface area contributed by atoms with Gasteiger partial charge in [-0.05, 0) is 38.3 Å². The molecule has 0 amide bonds. The van der Waals surface area contributed by atoms with Gasteiger partial charge in [-0.1, -0.05) is 0 Å². The van der Waals surface area contributed by atoms with Crippen molar-refractivity contribution in [2.24, 2.45) is 0 Å². The molecule has 88 valence electrons. The third-order valence-electron chi connectivity index (χ3n) is 2.66. The van der Waals surface area contributed by atoms with Gasteiger partial charge in [-0.25, -0.2) is 9.97 Å². The van der Waals surface area contributed by atoms with Gasteiger partial charge in [-0.15, -0.1) is 0 Å². The van der Waals surface area contributed by atoms with Crippen molar-refractivity contribution in [2.45, 2.75) is 38.8 Å². The van der Waals surface area contributed by atoms with Crippen molar-refractivity contribution >= 4 is 17.4 Å². The molecule has 1 aromatic heterocycles. The number of rotatable bonds is 2. The highest BCUT2D eigenvalue weighted by Gasteiger charge is 2.19. The lowest BCUT2D eigenvalue weighted by atomic mass is 10.0. The van der Waals surface area contributed by atoms with E-state index in [1.807, 2.05) is 13.0 Å². The molecule has 2 atom stereocenters. The third-order valence-corrected chi connectivity index (χ3v) is 2.83. The largest absolute Gasteiger partial charge is 0.378 e. The van der Waals surface area contributed by atoms with Crippen LogP contribution >= 0.6 is 11.6 Å². The van der Waals surface area contributed by atoms with E-state index >= 15 is 0 Å². The highest BCUT2D eigenvalue weighted by molar-refractivity contribution is 6.28. The molecule has 1 saturated heterocycles. The van der Waals surface area contributed by atoms with Crippen molar-refractivity contribution in [2.75, 3.05) is 11.9 Å². The molecule has 1 aromatic rings. The summed E-state index contributed by atoms with van der Waals surface area (Å²) in [5.74, 6) is 0.802. The van der Waals surface area contributed by atoms with Gasteiger partial charge >= 0.3 is 0 Å². The number of halogens is 1. The van der Waals surface area contributed by atoms with E-state index in [0.717, 1.165) is 31.0 Å². The maximum atomic E-state index is 5.81. The zero-order valence-corrected chi connectivity index (χ0v) is 10.3. The minimum atomic E-state index is 0.294. The predicted molar refractivity (Wildman–Crippen MR) is 63.8 cm³/mol. The summed E-state index contributed by atoms with van der Waals surface area (Å²) in [6.45, 7) is 4.80. The first kappa shape index (κ1) is 11.6. The van der Waals surface area contributed by atoms with Crippen molar-refractivity contribution in [1.29, 1.82) is 0 Å². The molecule has 1 N–H and O–H groups in total. The fourth-order valence-electron chi connectivity index (χ4n) is 1.94. The number of nitrogens with one attached hydrogen (secondary N) is 1. The first-order valence-corrected chi connectivity index (χ1v) is 5.90. The molecule has 0 aromatic carbocycles. The highest BCUT2D eigenvalue weighted by atomic mass is 35.5. The molecule has 5 heteroatoms. The van der Waals surface area contributed by atoms with Crippen LogP contribution in [0.4, 0.5) is 5.82 Å². The maximum absolute atomic E-state index is 5.81. The third kappa shape index (κ3) is 3.06. The van der Waals surface area contributed by atoms with Gasteiger partial charge in [0.1, 0.15) is 5.82 Å². The van der Waals surface area contributed by atoms with Crippen LogP contribution in [0, 0.1) is 6.92 Å². The van der Waals surface area contributed by atoms with Crippen LogP contribution in [0.1, 0.15) is 25.5 Å². The summed E-state index contributed by atoms with van der Waals surface area (Å²) in [7, 11) is 0. The fourth-order valence-corrected chi connectivity index (χ4v) is 2.17. The van der Waals surface area contributed by atoms with Crippen LogP contribution in [0.3, 0.4) is 0 Å². The normalized spacial score (nSPS) is 25.4. The van der Waals surface area contributed by atoms with Gasteiger partial charge in [0.2, 0.25) is 5.28 Å². The van der Waals surface area contributed by atoms with Crippen LogP contribution in [0.2, 0.25) is 5.28 Å². The van der Waals surface area contributed by atoms with E-state index in [4.69, 9.17) is 16.3 Å². The first-order valence-electron chi connectivity index (χ1n) is 5.53. The summed E-state index contributed by atoms with van der Waals surface area (Å²) < 4.78 is 5.49. The van der Waals surface area contributed by atoms with Gasteiger partial charge < -0.3 is 10.1 Å². The molecule has 0 spiro atoms. The van der Waals surface area contributed by atoms with Gasteiger partial charge in [0.25, 0.3) is 0 Å². The molecule has 2 unspecified atom stereocenters. The van der Waals surface area contributed by atoms with E-state index in [1.165, 1.54) is 0 Å². The molecular formula is C11H16ClN3O. The maximum Gasteiger partial charge on any atom is 0.224 e. The minimum Gasteiger partial charge on any atom is -0.378 e. The Morgan fingerprint density at radius 3 is 3.00 bits per heavy atom. The predicted octanol–water partition coefficient (Wildman–Crippen LogP) is 2.42. The number of hydrogen-bond donors (Lipinski definition) is 1. The lowest BCUT2D eigenvalue weighted by Gasteiger charge is -2.28. The Balaban J connectivity index is 2.02. The monoisotopic (exact) mass is 241 g/mol. The second-order valence-electron chi connectivity index (χ2n) is 4.21. The quantitative estimate of drug-likeness (QED) is 0.808. The van der Waals surface area contributed by atoms with Gasteiger partial charge in [0.05, 0.1) is 6.10 Å². The number of ether oxygens (including phenoxy) is 1. The van der Waals surface area contributed by atoms with Gasteiger partial charge in [-0.2, -0.15) is 0 Å². The van der Waals surface area contributed by atoms with E-state index in [9.17, 15) is 0 Å². The van der Waals surface area contributed by atoms with E-state index in [1.54, 1.807) is 0 Å². The summed E-state index contributed by atoms with van der Waals surface area (Å²) in [4.78, 5) is 8.19. The Hall–Kier alpha value is -0.870. The van der Waals surface area contributed by atoms with Crippen molar-refractivity contribution in [3.63, 3.8) is 0 Å². The Labute approximate surface area is 100 Å². The van der Waals surface area contributed by atoms with Gasteiger partial charge in [-0.3, -0.25) is 0 Å². The zero-order chi connectivity index (χ0) is 11.5. The van der Waals surface area contributed by atoms with Crippen molar-refractivity contribution in [3.05, 3.63) is 17.0 Å². The number of hydrogen-bond acceptors (Lipinski definition) is 4. The molecule has 4 nitrogen and oxygen atoms in total. The molecule has 0 aliphatic carbocycles. The smallest absolute Gasteiger partial charge is 0.224 e. The Kier molecular flexibility index (Phi) is 3.61.